The minimum absolute atomic E-state index is 0.0528. The Balaban J connectivity index is 1.55. The number of hydrogen-bond acceptors (Lipinski definition) is 9. The van der Waals surface area contributed by atoms with Gasteiger partial charge in [-0.15, -0.1) is 0 Å². The van der Waals surface area contributed by atoms with Crippen LogP contribution in [0.1, 0.15) is 39.1 Å². The zero-order valence-corrected chi connectivity index (χ0v) is 22.2. The molecule has 3 aliphatic rings. The highest BCUT2D eigenvalue weighted by Crippen LogP contribution is 2.58. The summed E-state index contributed by atoms with van der Waals surface area (Å²) in [6, 6.07) is 14.1. The molecule has 10 heteroatoms. The van der Waals surface area contributed by atoms with Crippen molar-refractivity contribution in [2.45, 2.75) is 12.0 Å². The molecule has 0 spiro atoms. The van der Waals surface area contributed by atoms with Crippen LogP contribution >= 0.6 is 11.6 Å². The lowest BCUT2D eigenvalue weighted by atomic mass is 9.66. The molecular weight excluding hydrogens is 528 g/mol. The second-order valence-electron chi connectivity index (χ2n) is 9.37. The van der Waals surface area contributed by atoms with Gasteiger partial charge in [0.2, 0.25) is 12.5 Å². The number of carbonyl (C=O) groups is 2. The number of ether oxygens (including phenoxy) is 7. The van der Waals surface area contributed by atoms with Gasteiger partial charge in [0.25, 0.3) is 0 Å². The van der Waals surface area contributed by atoms with E-state index in [2.05, 4.69) is 0 Å². The summed E-state index contributed by atoms with van der Waals surface area (Å²) < 4.78 is 39.7. The zero-order valence-electron chi connectivity index (χ0n) is 21.4. The van der Waals surface area contributed by atoms with Crippen molar-refractivity contribution in [1.82, 2.24) is 0 Å². The standard InChI is InChI=1S/C29H25ClO9/c1-33-21-11-17(24(30)27(35-3)26(21)34-2)22-15-9-19-20(38-13-37-19)10-16(15)25(18-12-36-29(32)23(18)22)39-28(31)14-7-5-4-6-8-14/h4-11,18,22-23,25H,12-13H2,1-3H3/t18-,22-,23-,25+/m0/s1. The van der Waals surface area contributed by atoms with Crippen molar-refractivity contribution in [2.24, 2.45) is 11.8 Å². The number of hydrogen-bond donors (Lipinski definition) is 0. The van der Waals surface area contributed by atoms with E-state index in [4.69, 9.17) is 44.8 Å². The number of halogens is 1. The molecule has 4 atom stereocenters. The minimum atomic E-state index is -0.782. The molecule has 0 unspecified atom stereocenters. The lowest BCUT2D eigenvalue weighted by Gasteiger charge is -2.39. The van der Waals surface area contributed by atoms with Gasteiger partial charge in [0.15, 0.2) is 23.0 Å². The van der Waals surface area contributed by atoms with Crippen LogP contribution in [-0.4, -0.2) is 46.7 Å². The van der Waals surface area contributed by atoms with Crippen LogP contribution in [0.5, 0.6) is 28.7 Å². The van der Waals surface area contributed by atoms with Crippen molar-refractivity contribution >= 4 is 23.5 Å². The van der Waals surface area contributed by atoms with Crippen LogP contribution in [0.4, 0.5) is 0 Å². The number of carbonyl (C=O) groups excluding carboxylic acids is 2. The SMILES string of the molecule is COc1cc([C@@H]2c3cc4c(cc3[C@@H](OC(=O)c3ccccc3)[C@H]3COC(=O)[C@H]23)OCO4)c(Cl)c(OC)c1OC. The summed E-state index contributed by atoms with van der Waals surface area (Å²) in [6.07, 6.45) is -0.782. The van der Waals surface area contributed by atoms with Crippen molar-refractivity contribution in [2.75, 3.05) is 34.7 Å². The molecule has 2 aliphatic heterocycles. The van der Waals surface area contributed by atoms with Gasteiger partial charge >= 0.3 is 11.9 Å². The molecule has 6 rings (SSSR count). The zero-order chi connectivity index (χ0) is 27.3. The summed E-state index contributed by atoms with van der Waals surface area (Å²) in [5.74, 6) is -0.699. The summed E-state index contributed by atoms with van der Waals surface area (Å²) in [7, 11) is 4.47. The van der Waals surface area contributed by atoms with Crippen LogP contribution in [0.2, 0.25) is 5.02 Å². The summed E-state index contributed by atoms with van der Waals surface area (Å²) in [4.78, 5) is 26.5. The molecule has 0 aromatic heterocycles. The third-order valence-corrected chi connectivity index (χ3v) is 7.89. The van der Waals surface area contributed by atoms with E-state index >= 15 is 0 Å². The first-order valence-corrected chi connectivity index (χ1v) is 12.7. The summed E-state index contributed by atoms with van der Waals surface area (Å²) >= 11 is 6.92. The third-order valence-electron chi connectivity index (χ3n) is 7.50. The topological polar surface area (TPSA) is 98.8 Å². The van der Waals surface area contributed by atoms with E-state index in [1.165, 1.54) is 21.3 Å². The molecule has 2 heterocycles. The number of esters is 2. The molecule has 0 amide bonds. The number of fused-ring (bicyclic) bond motifs is 3. The Morgan fingerprint density at radius 2 is 1.56 bits per heavy atom. The van der Waals surface area contributed by atoms with Gasteiger partial charge in [0, 0.05) is 17.4 Å². The van der Waals surface area contributed by atoms with E-state index in [0.29, 0.717) is 45.3 Å². The van der Waals surface area contributed by atoms with Crippen molar-refractivity contribution in [3.05, 3.63) is 75.8 Å². The fourth-order valence-electron chi connectivity index (χ4n) is 5.76. The van der Waals surface area contributed by atoms with E-state index in [9.17, 15) is 9.59 Å². The highest BCUT2D eigenvalue weighted by molar-refractivity contribution is 6.33. The summed E-state index contributed by atoms with van der Waals surface area (Å²) in [5.41, 5.74) is 2.35. The highest BCUT2D eigenvalue weighted by atomic mass is 35.5. The Bertz CT molecular complexity index is 1460. The van der Waals surface area contributed by atoms with Crippen LogP contribution in [0.3, 0.4) is 0 Å². The molecule has 202 valence electrons. The normalized spacial score (nSPS) is 22.4. The van der Waals surface area contributed by atoms with Crippen LogP contribution in [0.25, 0.3) is 0 Å². The first-order chi connectivity index (χ1) is 19.0. The van der Waals surface area contributed by atoms with Gasteiger partial charge in [0.05, 0.1) is 44.4 Å². The molecular formula is C29H25ClO9. The van der Waals surface area contributed by atoms with Crippen LogP contribution in [-0.2, 0) is 14.3 Å². The predicted molar refractivity (Wildman–Crippen MR) is 138 cm³/mol. The first-order valence-electron chi connectivity index (χ1n) is 12.3. The van der Waals surface area contributed by atoms with Crippen molar-refractivity contribution in [3.63, 3.8) is 0 Å². The van der Waals surface area contributed by atoms with E-state index in [1.807, 2.05) is 12.1 Å². The number of methoxy groups -OCH3 is 3. The Hall–Kier alpha value is -4.11. The number of cyclic esters (lactones) is 1. The van der Waals surface area contributed by atoms with Crippen LogP contribution in [0.15, 0.2) is 48.5 Å². The minimum Gasteiger partial charge on any atom is -0.493 e. The molecule has 0 N–H and O–H groups in total. The summed E-state index contributed by atoms with van der Waals surface area (Å²) in [5, 5.41) is 0.266. The fraction of sp³-hybridized carbons (Fsp3) is 0.310. The van der Waals surface area contributed by atoms with Crippen molar-refractivity contribution in [3.8, 4) is 28.7 Å². The van der Waals surface area contributed by atoms with E-state index in [-0.39, 0.29) is 24.2 Å². The Morgan fingerprint density at radius 3 is 2.23 bits per heavy atom. The molecule has 1 aliphatic carbocycles. The van der Waals surface area contributed by atoms with Gasteiger partial charge in [-0.25, -0.2) is 4.79 Å². The van der Waals surface area contributed by atoms with Crippen LogP contribution in [0, 0.1) is 11.8 Å². The number of benzene rings is 3. The smallest absolute Gasteiger partial charge is 0.338 e. The lowest BCUT2D eigenvalue weighted by Crippen LogP contribution is -2.36. The molecule has 3 aromatic rings. The molecule has 3 aromatic carbocycles. The Morgan fingerprint density at radius 1 is 0.872 bits per heavy atom. The Labute approximate surface area is 229 Å². The third kappa shape index (κ3) is 3.99. The van der Waals surface area contributed by atoms with Crippen molar-refractivity contribution < 1.29 is 42.7 Å². The van der Waals surface area contributed by atoms with Gasteiger partial charge in [-0.2, -0.15) is 0 Å². The largest absolute Gasteiger partial charge is 0.493 e. The molecule has 0 bridgehead atoms. The van der Waals surface area contributed by atoms with Gasteiger partial charge in [-0.1, -0.05) is 29.8 Å². The molecule has 0 saturated carbocycles. The molecule has 0 radical (unpaired) electrons. The average Bonchev–Trinajstić information content (AvgIpc) is 3.58. The second-order valence-corrected chi connectivity index (χ2v) is 9.75. The summed E-state index contributed by atoms with van der Waals surface area (Å²) in [6.45, 7) is 0.125. The molecule has 1 fully saturated rings. The van der Waals surface area contributed by atoms with Gasteiger partial charge < -0.3 is 33.2 Å². The predicted octanol–water partition coefficient (Wildman–Crippen LogP) is 4.93. The van der Waals surface area contributed by atoms with E-state index in [1.54, 1.807) is 36.4 Å². The van der Waals surface area contributed by atoms with E-state index < -0.39 is 35.8 Å². The van der Waals surface area contributed by atoms with Gasteiger partial charge in [-0.3, -0.25) is 4.79 Å². The average molecular weight is 553 g/mol. The fourth-order valence-corrected chi connectivity index (χ4v) is 6.10. The maximum Gasteiger partial charge on any atom is 0.338 e. The molecule has 1 saturated heterocycles. The lowest BCUT2D eigenvalue weighted by molar-refractivity contribution is -0.141. The highest BCUT2D eigenvalue weighted by Gasteiger charge is 2.54. The van der Waals surface area contributed by atoms with Gasteiger partial charge in [-0.05, 0) is 41.5 Å². The second kappa shape index (κ2) is 9.89. The van der Waals surface area contributed by atoms with Crippen molar-refractivity contribution in [1.29, 1.82) is 0 Å². The molecule has 39 heavy (non-hydrogen) atoms. The molecule has 9 nitrogen and oxygen atoms in total. The first kappa shape index (κ1) is 25.2. The Kier molecular flexibility index (Phi) is 6.38. The quantitative estimate of drug-likeness (QED) is 0.394. The monoisotopic (exact) mass is 552 g/mol. The maximum atomic E-state index is 13.3. The van der Waals surface area contributed by atoms with E-state index in [0.717, 1.165) is 0 Å². The number of rotatable bonds is 6. The maximum absolute atomic E-state index is 13.3. The van der Waals surface area contributed by atoms with Crippen LogP contribution < -0.4 is 23.7 Å². The van der Waals surface area contributed by atoms with Gasteiger partial charge in [0.1, 0.15) is 6.10 Å².